The normalized spacial score (nSPS) is 14.8. The van der Waals surface area contributed by atoms with E-state index in [1.807, 2.05) is 12.3 Å². The van der Waals surface area contributed by atoms with Crippen molar-refractivity contribution in [3.05, 3.63) is 35.0 Å². The highest BCUT2D eigenvalue weighted by atomic mass is 32.2. The molecular formula is C8H7NS. The molecule has 0 aromatic carbocycles. The maximum atomic E-state index is 4.25. The van der Waals surface area contributed by atoms with Crippen molar-refractivity contribution in [2.75, 3.05) is 0 Å². The molecule has 50 valence electrons. The van der Waals surface area contributed by atoms with Crippen molar-refractivity contribution in [1.82, 2.24) is 4.98 Å². The summed E-state index contributed by atoms with van der Waals surface area (Å²) in [5.41, 5.74) is 2.47. The van der Waals surface area contributed by atoms with Gasteiger partial charge in [-0.1, -0.05) is 6.07 Å². The Morgan fingerprint density at radius 2 is 2.50 bits per heavy atom. The molecule has 1 aliphatic rings. The number of aromatic nitrogens is 1. The maximum absolute atomic E-state index is 4.25. The van der Waals surface area contributed by atoms with E-state index in [1.165, 1.54) is 11.3 Å². The highest BCUT2D eigenvalue weighted by molar-refractivity contribution is 8.01. The van der Waals surface area contributed by atoms with Crippen LogP contribution in [0.1, 0.15) is 11.3 Å². The molecule has 2 heteroatoms. The van der Waals surface area contributed by atoms with Crippen molar-refractivity contribution in [1.29, 1.82) is 0 Å². The van der Waals surface area contributed by atoms with Gasteiger partial charge in [0.25, 0.3) is 0 Å². The summed E-state index contributed by atoms with van der Waals surface area (Å²) >= 11 is 1.79. The molecule has 1 nitrogen and oxygen atoms in total. The first-order valence-electron chi connectivity index (χ1n) is 3.19. The van der Waals surface area contributed by atoms with Gasteiger partial charge in [-0.05, 0) is 23.1 Å². The summed E-state index contributed by atoms with van der Waals surface area (Å²) in [6, 6.07) is 4.07. The lowest BCUT2D eigenvalue weighted by Crippen LogP contribution is -1.92. The molecule has 10 heavy (non-hydrogen) atoms. The van der Waals surface area contributed by atoms with Crippen LogP contribution < -0.4 is 0 Å². The van der Waals surface area contributed by atoms with Crippen LogP contribution in [0.25, 0.3) is 6.08 Å². The van der Waals surface area contributed by atoms with Crippen LogP contribution in [0.5, 0.6) is 0 Å². The van der Waals surface area contributed by atoms with Gasteiger partial charge in [0.05, 0.1) is 5.69 Å². The lowest BCUT2D eigenvalue weighted by Gasteiger charge is -2.06. The second-order valence-electron chi connectivity index (χ2n) is 2.15. The van der Waals surface area contributed by atoms with Crippen LogP contribution in [-0.4, -0.2) is 4.98 Å². The van der Waals surface area contributed by atoms with Crippen LogP contribution in [0.2, 0.25) is 0 Å². The monoisotopic (exact) mass is 149 g/mol. The molecule has 2 rings (SSSR count). The molecule has 0 saturated heterocycles. The minimum Gasteiger partial charge on any atom is -0.260 e. The number of rotatable bonds is 0. The molecule has 0 bridgehead atoms. The fourth-order valence-corrected chi connectivity index (χ4v) is 1.71. The molecule has 0 fully saturated rings. The number of fused-ring (bicyclic) bond motifs is 1. The minimum absolute atomic E-state index is 1.02. The van der Waals surface area contributed by atoms with E-state index < -0.39 is 0 Å². The van der Waals surface area contributed by atoms with E-state index >= 15 is 0 Å². The number of thioether (sulfide) groups is 1. The van der Waals surface area contributed by atoms with Gasteiger partial charge in [0.1, 0.15) is 0 Å². The van der Waals surface area contributed by atoms with Gasteiger partial charge in [0.15, 0.2) is 0 Å². The van der Waals surface area contributed by atoms with Crippen LogP contribution in [0.4, 0.5) is 0 Å². The number of nitrogens with zero attached hydrogens (tertiary/aromatic N) is 1. The van der Waals surface area contributed by atoms with Gasteiger partial charge in [-0.25, -0.2) is 0 Å². The Morgan fingerprint density at radius 3 is 3.40 bits per heavy atom. The molecule has 0 aliphatic carbocycles. The van der Waals surface area contributed by atoms with E-state index in [1.54, 1.807) is 11.8 Å². The number of hydrogen-bond acceptors (Lipinski definition) is 2. The molecule has 0 atom stereocenters. The number of hydrogen-bond donors (Lipinski definition) is 0. The molecule has 0 unspecified atom stereocenters. The third kappa shape index (κ3) is 0.948. The third-order valence-electron chi connectivity index (χ3n) is 1.49. The molecule has 0 N–H and O–H groups in total. The predicted molar refractivity (Wildman–Crippen MR) is 44.6 cm³/mol. The summed E-state index contributed by atoms with van der Waals surface area (Å²) in [6.45, 7) is 0. The van der Waals surface area contributed by atoms with E-state index in [4.69, 9.17) is 0 Å². The smallest absolute Gasteiger partial charge is 0.0578 e. The van der Waals surface area contributed by atoms with Crippen molar-refractivity contribution in [2.24, 2.45) is 0 Å². The standard InChI is InChI=1S/C8H7NS/c1-2-7-3-5-10-6-8(7)9-4-1/h1-5H,6H2. The van der Waals surface area contributed by atoms with Crippen LogP contribution in [0.3, 0.4) is 0 Å². The molecule has 0 radical (unpaired) electrons. The van der Waals surface area contributed by atoms with Gasteiger partial charge in [-0.2, -0.15) is 0 Å². The van der Waals surface area contributed by atoms with Gasteiger partial charge in [0, 0.05) is 11.9 Å². The predicted octanol–water partition coefficient (Wildman–Crippen LogP) is 2.30. The second-order valence-corrected chi connectivity index (χ2v) is 3.05. The molecule has 1 aliphatic heterocycles. The van der Waals surface area contributed by atoms with E-state index in [0.717, 1.165) is 5.75 Å². The zero-order valence-corrected chi connectivity index (χ0v) is 6.27. The van der Waals surface area contributed by atoms with Gasteiger partial charge in [-0.15, -0.1) is 11.8 Å². The lowest BCUT2D eigenvalue weighted by molar-refractivity contribution is 1.16. The zero-order chi connectivity index (χ0) is 6.81. The topological polar surface area (TPSA) is 12.9 Å². The first kappa shape index (κ1) is 5.98. The second kappa shape index (κ2) is 2.46. The molecule has 0 spiro atoms. The summed E-state index contributed by atoms with van der Waals surface area (Å²) < 4.78 is 0. The summed E-state index contributed by atoms with van der Waals surface area (Å²) in [6.07, 6.45) is 3.95. The average molecular weight is 149 g/mol. The highest BCUT2D eigenvalue weighted by Crippen LogP contribution is 2.22. The van der Waals surface area contributed by atoms with Crippen molar-refractivity contribution >= 4 is 17.8 Å². The Kier molecular flexibility index (Phi) is 1.47. The van der Waals surface area contributed by atoms with Crippen molar-refractivity contribution in [3.63, 3.8) is 0 Å². The van der Waals surface area contributed by atoms with E-state index in [0.29, 0.717) is 0 Å². The van der Waals surface area contributed by atoms with Gasteiger partial charge >= 0.3 is 0 Å². The van der Waals surface area contributed by atoms with Crippen molar-refractivity contribution < 1.29 is 0 Å². The van der Waals surface area contributed by atoms with Crippen LogP contribution >= 0.6 is 11.8 Å². The quantitative estimate of drug-likeness (QED) is 0.561. The first-order valence-corrected chi connectivity index (χ1v) is 4.24. The summed E-state index contributed by atoms with van der Waals surface area (Å²) in [5.74, 6) is 1.02. The lowest BCUT2D eigenvalue weighted by atomic mass is 10.2. The van der Waals surface area contributed by atoms with Gasteiger partial charge in [0.2, 0.25) is 0 Å². The number of pyridine rings is 1. The molecule has 0 amide bonds. The Hall–Kier alpha value is -0.760. The van der Waals surface area contributed by atoms with E-state index in [9.17, 15) is 0 Å². The van der Waals surface area contributed by atoms with Crippen molar-refractivity contribution in [3.8, 4) is 0 Å². The highest BCUT2D eigenvalue weighted by Gasteiger charge is 2.02. The molecule has 1 aromatic heterocycles. The van der Waals surface area contributed by atoms with Crippen LogP contribution in [0, 0.1) is 0 Å². The van der Waals surface area contributed by atoms with Gasteiger partial charge < -0.3 is 0 Å². The molecule has 0 saturated carbocycles. The fourth-order valence-electron chi connectivity index (χ4n) is 0.971. The van der Waals surface area contributed by atoms with Crippen LogP contribution in [-0.2, 0) is 5.75 Å². The van der Waals surface area contributed by atoms with E-state index in [-0.39, 0.29) is 0 Å². The minimum atomic E-state index is 1.02. The first-order chi connectivity index (χ1) is 4.97. The Balaban J connectivity index is 2.54. The Bertz CT molecular complexity index is 268. The average Bonchev–Trinajstić information content (AvgIpc) is 2.05. The Labute approximate surface area is 64.2 Å². The van der Waals surface area contributed by atoms with Gasteiger partial charge in [-0.3, -0.25) is 4.98 Å². The molecule has 1 aromatic rings. The third-order valence-corrected chi connectivity index (χ3v) is 2.26. The van der Waals surface area contributed by atoms with Crippen LogP contribution in [0.15, 0.2) is 23.7 Å². The zero-order valence-electron chi connectivity index (χ0n) is 5.45. The summed E-state index contributed by atoms with van der Waals surface area (Å²) in [5, 5.41) is 2.12. The molecular weight excluding hydrogens is 142 g/mol. The van der Waals surface area contributed by atoms with E-state index in [2.05, 4.69) is 22.5 Å². The SMILES string of the molecule is C1=Cc2cccnc2CS1. The summed E-state index contributed by atoms with van der Waals surface area (Å²) in [7, 11) is 0. The fraction of sp³-hybridized carbons (Fsp3) is 0.125. The summed E-state index contributed by atoms with van der Waals surface area (Å²) in [4.78, 5) is 4.25. The largest absolute Gasteiger partial charge is 0.260 e. The Morgan fingerprint density at radius 1 is 1.50 bits per heavy atom. The van der Waals surface area contributed by atoms with Crippen molar-refractivity contribution in [2.45, 2.75) is 5.75 Å². The molecule has 2 heterocycles. The maximum Gasteiger partial charge on any atom is 0.0578 e.